The average Bonchev–Trinajstić information content (AvgIpc) is 3.03. The van der Waals surface area contributed by atoms with E-state index in [9.17, 15) is 13.2 Å². The molecule has 0 bridgehead atoms. The van der Waals surface area contributed by atoms with E-state index < -0.39 is 11.7 Å². The zero-order valence-electron chi connectivity index (χ0n) is 15.2. The number of halogens is 3. The smallest absolute Gasteiger partial charge is 0.399 e. The molecule has 3 aromatic rings. The second-order valence-electron chi connectivity index (χ2n) is 6.43. The predicted molar refractivity (Wildman–Crippen MR) is 97.2 cm³/mol. The molecule has 0 spiro atoms. The highest BCUT2D eigenvalue weighted by Gasteiger charge is 2.30. The highest BCUT2D eigenvalue weighted by molar-refractivity contribution is 5.87. The molecule has 0 saturated carbocycles. The van der Waals surface area contributed by atoms with Gasteiger partial charge >= 0.3 is 6.18 Å². The van der Waals surface area contributed by atoms with Crippen molar-refractivity contribution >= 4 is 16.7 Å². The lowest BCUT2D eigenvalue weighted by Gasteiger charge is -2.11. The number of aromatic nitrogens is 3. The van der Waals surface area contributed by atoms with Gasteiger partial charge in [-0.1, -0.05) is 31.1 Å². The van der Waals surface area contributed by atoms with Gasteiger partial charge in [0.2, 0.25) is 0 Å². The minimum Gasteiger partial charge on any atom is -0.399 e. The lowest BCUT2D eigenvalue weighted by atomic mass is 10.0. The van der Waals surface area contributed by atoms with E-state index in [4.69, 9.17) is 4.84 Å². The number of fused-ring (bicyclic) bond motifs is 1. The van der Waals surface area contributed by atoms with Crippen molar-refractivity contribution in [1.29, 1.82) is 0 Å². The third-order valence-corrected chi connectivity index (χ3v) is 4.20. The van der Waals surface area contributed by atoms with Crippen LogP contribution in [-0.4, -0.2) is 27.6 Å². The topological polar surface area (TPSA) is 52.3 Å². The van der Waals surface area contributed by atoms with E-state index in [1.165, 1.54) is 13.2 Å². The summed E-state index contributed by atoms with van der Waals surface area (Å²) >= 11 is 0. The summed E-state index contributed by atoms with van der Waals surface area (Å²) < 4.78 is 40.7. The SMILES string of the molecule is CON=C(Cn1ncc2ncc(-c3cccc(C(F)(F)F)c3)cc21)C(C)C. The molecule has 3 rings (SSSR count). The second kappa shape index (κ2) is 7.38. The van der Waals surface area contributed by atoms with E-state index in [0.29, 0.717) is 23.2 Å². The molecule has 0 amide bonds. The number of oxime groups is 1. The van der Waals surface area contributed by atoms with Crippen LogP contribution in [-0.2, 0) is 17.6 Å². The first-order valence-corrected chi connectivity index (χ1v) is 8.38. The fourth-order valence-corrected chi connectivity index (χ4v) is 2.70. The third kappa shape index (κ3) is 4.10. The summed E-state index contributed by atoms with van der Waals surface area (Å²) in [6.07, 6.45) is -1.22. The van der Waals surface area contributed by atoms with Gasteiger partial charge in [-0.25, -0.2) is 0 Å². The van der Waals surface area contributed by atoms with Gasteiger partial charge in [0, 0.05) is 11.8 Å². The van der Waals surface area contributed by atoms with Crippen molar-refractivity contribution in [3.63, 3.8) is 0 Å². The summed E-state index contributed by atoms with van der Waals surface area (Å²) in [4.78, 5) is 9.22. The van der Waals surface area contributed by atoms with Gasteiger partial charge in [0.25, 0.3) is 0 Å². The van der Waals surface area contributed by atoms with E-state index in [1.54, 1.807) is 29.2 Å². The molecule has 2 heterocycles. The van der Waals surface area contributed by atoms with Crippen LogP contribution in [0.3, 0.4) is 0 Å². The Hall–Kier alpha value is -2.90. The molecule has 0 unspecified atom stereocenters. The third-order valence-electron chi connectivity index (χ3n) is 4.20. The van der Waals surface area contributed by atoms with E-state index in [-0.39, 0.29) is 5.92 Å². The molecule has 0 atom stereocenters. The van der Waals surface area contributed by atoms with Crippen LogP contribution >= 0.6 is 0 Å². The number of rotatable bonds is 5. The number of alkyl halides is 3. The normalized spacial score (nSPS) is 12.8. The highest BCUT2D eigenvalue weighted by atomic mass is 19.4. The molecule has 142 valence electrons. The summed E-state index contributed by atoms with van der Waals surface area (Å²) in [5.74, 6) is 0.156. The number of hydrogen-bond acceptors (Lipinski definition) is 4. The highest BCUT2D eigenvalue weighted by Crippen LogP contribution is 2.32. The standard InChI is InChI=1S/C19H19F3N4O/c1-12(2)17(25-27-3)11-26-18-8-14(9-23-16(18)10-24-26)13-5-4-6-15(7-13)19(20,21)22/h4-10,12H,11H2,1-3H3. The van der Waals surface area contributed by atoms with Crippen LogP contribution in [0.5, 0.6) is 0 Å². The van der Waals surface area contributed by atoms with Crippen LogP contribution < -0.4 is 0 Å². The van der Waals surface area contributed by atoms with Gasteiger partial charge in [-0.3, -0.25) is 9.67 Å². The molecule has 8 heteroatoms. The first-order valence-electron chi connectivity index (χ1n) is 8.38. The molecule has 27 heavy (non-hydrogen) atoms. The van der Waals surface area contributed by atoms with Crippen LogP contribution in [0.15, 0.2) is 47.9 Å². The maximum absolute atomic E-state index is 13.0. The Morgan fingerprint density at radius 2 is 1.96 bits per heavy atom. The largest absolute Gasteiger partial charge is 0.416 e. The van der Waals surface area contributed by atoms with E-state index in [1.807, 2.05) is 13.8 Å². The minimum absolute atomic E-state index is 0.156. The zero-order chi connectivity index (χ0) is 19.6. The van der Waals surface area contributed by atoms with Gasteiger partial charge in [0.15, 0.2) is 0 Å². The molecule has 0 aliphatic carbocycles. The van der Waals surface area contributed by atoms with Gasteiger partial charge in [-0.05, 0) is 29.7 Å². The molecule has 2 aromatic heterocycles. The van der Waals surface area contributed by atoms with E-state index >= 15 is 0 Å². The fourth-order valence-electron chi connectivity index (χ4n) is 2.70. The van der Waals surface area contributed by atoms with Crippen molar-refractivity contribution in [1.82, 2.24) is 14.8 Å². The fraction of sp³-hybridized carbons (Fsp3) is 0.316. The summed E-state index contributed by atoms with van der Waals surface area (Å²) in [5.41, 5.74) is 2.52. The zero-order valence-corrected chi connectivity index (χ0v) is 15.2. The van der Waals surface area contributed by atoms with Crippen LogP contribution in [0.1, 0.15) is 19.4 Å². The van der Waals surface area contributed by atoms with Crippen LogP contribution in [0.4, 0.5) is 13.2 Å². The lowest BCUT2D eigenvalue weighted by Crippen LogP contribution is -2.17. The monoisotopic (exact) mass is 376 g/mol. The molecular weight excluding hydrogens is 357 g/mol. The van der Waals surface area contributed by atoms with Crippen molar-refractivity contribution in [2.24, 2.45) is 11.1 Å². The van der Waals surface area contributed by atoms with Gasteiger partial charge in [0.1, 0.15) is 12.6 Å². The number of nitrogens with zero attached hydrogens (tertiary/aromatic N) is 4. The summed E-state index contributed by atoms with van der Waals surface area (Å²) in [6, 6.07) is 6.98. The molecule has 5 nitrogen and oxygen atoms in total. The number of benzene rings is 1. The first-order chi connectivity index (χ1) is 12.8. The maximum Gasteiger partial charge on any atom is 0.416 e. The summed E-state index contributed by atoms with van der Waals surface area (Å²) in [6.45, 7) is 4.40. The van der Waals surface area contributed by atoms with Crippen molar-refractivity contribution in [3.8, 4) is 11.1 Å². The Morgan fingerprint density at radius 1 is 1.19 bits per heavy atom. The summed E-state index contributed by atoms with van der Waals surface area (Å²) in [7, 11) is 1.48. The quantitative estimate of drug-likeness (QED) is 0.476. The van der Waals surface area contributed by atoms with Gasteiger partial charge in [-0.2, -0.15) is 18.3 Å². The minimum atomic E-state index is -4.39. The molecular formula is C19H19F3N4O. The summed E-state index contributed by atoms with van der Waals surface area (Å²) in [5, 5.41) is 8.36. The molecule has 0 aliphatic rings. The molecule has 0 fully saturated rings. The Morgan fingerprint density at radius 3 is 2.63 bits per heavy atom. The second-order valence-corrected chi connectivity index (χ2v) is 6.43. The number of pyridine rings is 1. The van der Waals surface area contributed by atoms with Gasteiger partial charge in [-0.15, -0.1) is 0 Å². The van der Waals surface area contributed by atoms with Crippen molar-refractivity contribution in [2.45, 2.75) is 26.6 Å². The Kier molecular flexibility index (Phi) is 5.16. The Balaban J connectivity index is 2.02. The molecule has 0 aliphatic heterocycles. The van der Waals surface area contributed by atoms with Crippen molar-refractivity contribution < 1.29 is 18.0 Å². The Labute approximate surface area is 154 Å². The maximum atomic E-state index is 13.0. The van der Waals surface area contributed by atoms with Gasteiger partial charge < -0.3 is 4.84 Å². The lowest BCUT2D eigenvalue weighted by molar-refractivity contribution is -0.137. The van der Waals surface area contributed by atoms with E-state index in [2.05, 4.69) is 15.2 Å². The molecule has 0 N–H and O–H groups in total. The molecule has 0 saturated heterocycles. The van der Waals surface area contributed by atoms with Crippen molar-refractivity contribution in [3.05, 3.63) is 48.3 Å². The van der Waals surface area contributed by atoms with Crippen LogP contribution in [0, 0.1) is 5.92 Å². The van der Waals surface area contributed by atoms with Gasteiger partial charge in [0.05, 0.1) is 29.5 Å². The van der Waals surface area contributed by atoms with E-state index in [0.717, 1.165) is 23.4 Å². The predicted octanol–water partition coefficient (Wildman–Crippen LogP) is 4.78. The first kappa shape index (κ1) is 18.9. The molecule has 0 radical (unpaired) electrons. The van der Waals surface area contributed by atoms with Crippen LogP contribution in [0.25, 0.3) is 22.2 Å². The number of hydrogen-bond donors (Lipinski definition) is 0. The Bertz CT molecular complexity index is 976. The molecule has 1 aromatic carbocycles. The average molecular weight is 376 g/mol. The van der Waals surface area contributed by atoms with Crippen LogP contribution in [0.2, 0.25) is 0 Å². The van der Waals surface area contributed by atoms with Crippen molar-refractivity contribution in [2.75, 3.05) is 7.11 Å².